The summed E-state index contributed by atoms with van der Waals surface area (Å²) < 4.78 is 0. The molecule has 0 amide bonds. The van der Waals surface area contributed by atoms with Crippen molar-refractivity contribution in [1.82, 2.24) is 5.32 Å². The Bertz CT molecular complexity index is 246. The fourth-order valence-corrected chi connectivity index (χ4v) is 3.25. The number of nitrogens with one attached hydrogen (secondary N) is 1. The average Bonchev–Trinajstić information content (AvgIpc) is 2.69. The Labute approximate surface area is 102 Å². The molecule has 0 aliphatic carbocycles. The molecule has 1 rings (SSSR count). The number of thiophene rings is 1. The molecule has 0 bridgehead atoms. The predicted octanol–water partition coefficient (Wildman–Crippen LogP) is 3.41. The highest BCUT2D eigenvalue weighted by atomic mass is 32.2. The van der Waals surface area contributed by atoms with Gasteiger partial charge < -0.3 is 5.32 Å². The highest BCUT2D eigenvalue weighted by Crippen LogP contribution is 2.12. The maximum absolute atomic E-state index is 3.69. The molecular formula is C12H21NS2. The highest BCUT2D eigenvalue weighted by Gasteiger charge is 2.10. The third kappa shape index (κ3) is 5.05. The maximum Gasteiger partial charge on any atom is 0.0158 e. The third-order valence-electron chi connectivity index (χ3n) is 2.47. The van der Waals surface area contributed by atoms with Crippen LogP contribution in [-0.2, 0) is 6.42 Å². The summed E-state index contributed by atoms with van der Waals surface area (Å²) in [5, 5.41) is 5.85. The lowest BCUT2D eigenvalue weighted by Gasteiger charge is -2.21. The number of hydrogen-bond acceptors (Lipinski definition) is 3. The summed E-state index contributed by atoms with van der Waals surface area (Å²) in [5.74, 6) is 1.21. The quantitative estimate of drug-likeness (QED) is 0.787. The van der Waals surface area contributed by atoms with Gasteiger partial charge in [0.05, 0.1) is 0 Å². The Morgan fingerprint density at radius 3 is 2.87 bits per heavy atom. The summed E-state index contributed by atoms with van der Waals surface area (Å²) in [7, 11) is 0. The summed E-state index contributed by atoms with van der Waals surface area (Å²) in [5.41, 5.74) is 0. The van der Waals surface area contributed by atoms with Gasteiger partial charge in [0.2, 0.25) is 0 Å². The first-order valence-electron chi connectivity index (χ1n) is 5.53. The molecule has 0 spiro atoms. The van der Waals surface area contributed by atoms with Gasteiger partial charge in [0.25, 0.3) is 0 Å². The van der Waals surface area contributed by atoms with Crippen molar-refractivity contribution in [3.8, 4) is 0 Å². The van der Waals surface area contributed by atoms with Gasteiger partial charge in [-0.15, -0.1) is 11.3 Å². The molecule has 1 N–H and O–H groups in total. The Hall–Kier alpha value is 0.01000. The summed E-state index contributed by atoms with van der Waals surface area (Å²) in [6, 6.07) is 5.60. The van der Waals surface area contributed by atoms with Crippen molar-refractivity contribution >= 4 is 23.1 Å². The lowest BCUT2D eigenvalue weighted by Crippen LogP contribution is -2.38. The first-order valence-corrected chi connectivity index (χ1v) is 7.81. The van der Waals surface area contributed by atoms with E-state index in [1.807, 2.05) is 23.1 Å². The van der Waals surface area contributed by atoms with E-state index in [4.69, 9.17) is 0 Å². The topological polar surface area (TPSA) is 12.0 Å². The van der Waals surface area contributed by atoms with Crippen LogP contribution in [0.15, 0.2) is 17.5 Å². The second-order valence-electron chi connectivity index (χ2n) is 3.91. The summed E-state index contributed by atoms with van der Waals surface area (Å²) >= 11 is 3.78. The van der Waals surface area contributed by atoms with Crippen molar-refractivity contribution in [3.63, 3.8) is 0 Å². The Kier molecular flexibility index (Phi) is 6.37. The number of hydrogen-bond donors (Lipinski definition) is 1. The normalized spacial score (nSPS) is 15.1. The van der Waals surface area contributed by atoms with Gasteiger partial charge in [0.1, 0.15) is 0 Å². The lowest BCUT2D eigenvalue weighted by atomic mass is 10.1. The van der Waals surface area contributed by atoms with E-state index in [9.17, 15) is 0 Å². The molecule has 0 saturated carbocycles. The lowest BCUT2D eigenvalue weighted by molar-refractivity contribution is 0.462. The van der Waals surface area contributed by atoms with E-state index in [2.05, 4.69) is 42.9 Å². The monoisotopic (exact) mass is 243 g/mol. The first-order chi connectivity index (χ1) is 7.26. The van der Waals surface area contributed by atoms with E-state index >= 15 is 0 Å². The van der Waals surface area contributed by atoms with Crippen LogP contribution in [0, 0.1) is 0 Å². The van der Waals surface area contributed by atoms with Crippen LogP contribution in [0.4, 0.5) is 0 Å². The molecule has 3 heteroatoms. The van der Waals surface area contributed by atoms with Crippen LogP contribution >= 0.6 is 23.1 Å². The van der Waals surface area contributed by atoms with Crippen molar-refractivity contribution in [2.24, 2.45) is 0 Å². The molecule has 2 unspecified atom stereocenters. The van der Waals surface area contributed by atoms with Gasteiger partial charge in [0.15, 0.2) is 0 Å². The standard InChI is InChI=1S/C12H21NS2/c1-4-11(9-14-3)13-10(2)8-12-6-5-7-15-12/h5-7,10-11,13H,4,8-9H2,1-3H3. The molecule has 0 aliphatic heterocycles. The minimum absolute atomic E-state index is 0.584. The van der Waals surface area contributed by atoms with Crippen molar-refractivity contribution in [3.05, 3.63) is 22.4 Å². The Morgan fingerprint density at radius 2 is 2.33 bits per heavy atom. The van der Waals surface area contributed by atoms with Gasteiger partial charge in [-0.05, 0) is 37.5 Å². The zero-order valence-electron chi connectivity index (χ0n) is 9.82. The molecule has 0 aromatic carbocycles. The molecule has 1 aromatic rings. The summed E-state index contributed by atoms with van der Waals surface area (Å²) in [4.78, 5) is 1.48. The minimum atomic E-state index is 0.584. The van der Waals surface area contributed by atoms with Crippen molar-refractivity contribution in [1.29, 1.82) is 0 Å². The fraction of sp³-hybridized carbons (Fsp3) is 0.667. The second kappa shape index (κ2) is 7.31. The van der Waals surface area contributed by atoms with E-state index < -0.39 is 0 Å². The molecule has 1 heterocycles. The molecule has 0 aliphatic rings. The smallest absolute Gasteiger partial charge is 0.0158 e. The van der Waals surface area contributed by atoms with Gasteiger partial charge in [-0.2, -0.15) is 11.8 Å². The van der Waals surface area contributed by atoms with Crippen LogP contribution in [0.25, 0.3) is 0 Å². The largest absolute Gasteiger partial charge is 0.310 e. The highest BCUT2D eigenvalue weighted by molar-refractivity contribution is 7.98. The molecule has 15 heavy (non-hydrogen) atoms. The van der Waals surface area contributed by atoms with E-state index in [1.165, 1.54) is 17.1 Å². The van der Waals surface area contributed by atoms with Crippen molar-refractivity contribution in [2.75, 3.05) is 12.0 Å². The van der Waals surface area contributed by atoms with Crippen molar-refractivity contribution < 1.29 is 0 Å². The van der Waals surface area contributed by atoms with E-state index in [0.29, 0.717) is 12.1 Å². The second-order valence-corrected chi connectivity index (χ2v) is 5.85. The van der Waals surface area contributed by atoms with Gasteiger partial charge in [-0.25, -0.2) is 0 Å². The number of thioether (sulfide) groups is 1. The van der Waals surface area contributed by atoms with E-state index in [0.717, 1.165) is 6.42 Å². The first kappa shape index (κ1) is 13.1. The molecule has 86 valence electrons. The van der Waals surface area contributed by atoms with E-state index in [1.54, 1.807) is 0 Å². The number of rotatable bonds is 7. The molecule has 0 saturated heterocycles. The van der Waals surface area contributed by atoms with Crippen LogP contribution in [0.5, 0.6) is 0 Å². The summed E-state index contributed by atoms with van der Waals surface area (Å²) in [6.07, 6.45) is 4.55. The fourth-order valence-electron chi connectivity index (χ4n) is 1.68. The average molecular weight is 243 g/mol. The third-order valence-corrected chi connectivity index (χ3v) is 4.10. The SMILES string of the molecule is CCC(CSC)NC(C)Cc1cccs1. The molecule has 2 atom stereocenters. The molecular weight excluding hydrogens is 222 g/mol. The maximum atomic E-state index is 3.69. The molecule has 1 nitrogen and oxygen atoms in total. The van der Waals surface area contributed by atoms with Crippen LogP contribution in [-0.4, -0.2) is 24.1 Å². The molecule has 0 radical (unpaired) electrons. The molecule has 1 aromatic heterocycles. The van der Waals surface area contributed by atoms with Gasteiger partial charge in [-0.3, -0.25) is 0 Å². The van der Waals surface area contributed by atoms with E-state index in [-0.39, 0.29) is 0 Å². The minimum Gasteiger partial charge on any atom is -0.310 e. The Morgan fingerprint density at radius 1 is 1.53 bits per heavy atom. The van der Waals surface area contributed by atoms with Gasteiger partial charge in [-0.1, -0.05) is 13.0 Å². The van der Waals surface area contributed by atoms with Crippen LogP contribution < -0.4 is 5.32 Å². The Balaban J connectivity index is 2.30. The zero-order valence-corrected chi connectivity index (χ0v) is 11.5. The van der Waals surface area contributed by atoms with Crippen molar-refractivity contribution in [2.45, 2.75) is 38.8 Å². The van der Waals surface area contributed by atoms with Gasteiger partial charge >= 0.3 is 0 Å². The summed E-state index contributed by atoms with van der Waals surface area (Å²) in [6.45, 7) is 4.54. The zero-order chi connectivity index (χ0) is 11.1. The van der Waals surface area contributed by atoms with Crippen LogP contribution in [0.1, 0.15) is 25.1 Å². The molecule has 0 fully saturated rings. The van der Waals surface area contributed by atoms with Gasteiger partial charge in [0, 0.05) is 22.7 Å². The predicted molar refractivity (Wildman–Crippen MR) is 73.1 cm³/mol. The van der Waals surface area contributed by atoms with Crippen LogP contribution in [0.2, 0.25) is 0 Å². The van der Waals surface area contributed by atoms with Crippen LogP contribution in [0.3, 0.4) is 0 Å².